The van der Waals surface area contributed by atoms with Gasteiger partial charge in [-0.1, -0.05) is 18.2 Å². The Hall–Kier alpha value is -3.59. The Kier molecular flexibility index (Phi) is 5.64. The van der Waals surface area contributed by atoms with E-state index in [0.29, 0.717) is 41.0 Å². The smallest absolute Gasteiger partial charge is 0.257 e. The quantitative estimate of drug-likeness (QED) is 0.643. The molecule has 32 heavy (non-hydrogen) atoms. The molecular weight excluding hydrogens is 428 g/mol. The molecule has 8 nitrogen and oxygen atoms in total. The number of hydrogen-bond acceptors (Lipinski definition) is 7. The minimum absolute atomic E-state index is 0.0525. The molecule has 0 radical (unpaired) electrons. The largest absolute Gasteiger partial charge is 0.454 e. The maximum atomic E-state index is 12.7. The third kappa shape index (κ3) is 4.38. The number of carbonyl (C=O) groups is 2. The first kappa shape index (κ1) is 20.3. The number of hydrogen-bond donors (Lipinski definition) is 1. The summed E-state index contributed by atoms with van der Waals surface area (Å²) < 4.78 is 10.6. The summed E-state index contributed by atoms with van der Waals surface area (Å²) in [6, 6.07) is 15.3. The zero-order valence-electron chi connectivity index (χ0n) is 17.3. The maximum Gasteiger partial charge on any atom is 0.257 e. The van der Waals surface area contributed by atoms with Gasteiger partial charge in [0, 0.05) is 42.8 Å². The van der Waals surface area contributed by atoms with E-state index in [2.05, 4.69) is 27.3 Å². The highest BCUT2D eigenvalue weighted by Gasteiger charge is 2.22. The highest BCUT2D eigenvalue weighted by molar-refractivity contribution is 7.14. The van der Waals surface area contributed by atoms with Gasteiger partial charge in [-0.2, -0.15) is 0 Å². The lowest BCUT2D eigenvalue weighted by Gasteiger charge is -2.36. The van der Waals surface area contributed by atoms with Gasteiger partial charge in [0.1, 0.15) is 0 Å². The van der Waals surface area contributed by atoms with Crippen molar-refractivity contribution in [3.05, 3.63) is 65.2 Å². The number of aromatic nitrogens is 1. The predicted molar refractivity (Wildman–Crippen MR) is 122 cm³/mol. The van der Waals surface area contributed by atoms with Gasteiger partial charge in [-0.25, -0.2) is 4.98 Å². The van der Waals surface area contributed by atoms with Crippen molar-refractivity contribution in [3.63, 3.8) is 0 Å². The van der Waals surface area contributed by atoms with Gasteiger partial charge < -0.3 is 19.3 Å². The van der Waals surface area contributed by atoms with Crippen LogP contribution in [0.2, 0.25) is 0 Å². The highest BCUT2D eigenvalue weighted by Crippen LogP contribution is 2.32. The molecule has 9 heteroatoms. The topological polar surface area (TPSA) is 84.0 Å². The summed E-state index contributed by atoms with van der Waals surface area (Å²) in [6.07, 6.45) is 0.224. The van der Waals surface area contributed by atoms with Gasteiger partial charge >= 0.3 is 0 Å². The normalized spacial score (nSPS) is 15.0. The molecule has 0 saturated carbocycles. The monoisotopic (exact) mass is 450 g/mol. The van der Waals surface area contributed by atoms with E-state index in [1.807, 2.05) is 28.5 Å². The molecule has 0 bridgehead atoms. The number of amides is 2. The third-order valence-corrected chi connectivity index (χ3v) is 6.30. The summed E-state index contributed by atoms with van der Waals surface area (Å²) in [5.74, 6) is 0.945. The second-order valence-corrected chi connectivity index (χ2v) is 8.40. The summed E-state index contributed by atoms with van der Waals surface area (Å²) in [6.45, 7) is 3.15. The van der Waals surface area contributed by atoms with Crippen LogP contribution in [0.1, 0.15) is 16.1 Å². The molecule has 2 amide bonds. The van der Waals surface area contributed by atoms with Gasteiger partial charge in [-0.3, -0.25) is 14.9 Å². The number of thiazole rings is 1. The second-order valence-electron chi connectivity index (χ2n) is 7.55. The lowest BCUT2D eigenvalue weighted by molar-refractivity contribution is -0.130. The molecule has 0 aliphatic carbocycles. The molecule has 1 N–H and O–H groups in total. The van der Waals surface area contributed by atoms with Gasteiger partial charge in [0.05, 0.1) is 12.1 Å². The number of anilines is 2. The van der Waals surface area contributed by atoms with Crippen molar-refractivity contribution in [1.82, 2.24) is 9.88 Å². The van der Waals surface area contributed by atoms with Crippen molar-refractivity contribution < 1.29 is 19.1 Å². The zero-order valence-corrected chi connectivity index (χ0v) is 18.1. The lowest BCUT2D eigenvalue weighted by Crippen LogP contribution is -2.49. The summed E-state index contributed by atoms with van der Waals surface area (Å²) in [5, 5.41) is 5.06. The number of para-hydroxylation sites is 1. The molecule has 3 aromatic rings. The molecule has 5 rings (SSSR count). The van der Waals surface area contributed by atoms with Gasteiger partial charge in [-0.15, -0.1) is 11.3 Å². The van der Waals surface area contributed by atoms with E-state index in [4.69, 9.17) is 9.47 Å². The highest BCUT2D eigenvalue weighted by atomic mass is 32.1. The zero-order chi connectivity index (χ0) is 21.9. The number of fused-ring (bicyclic) bond motifs is 1. The van der Waals surface area contributed by atoms with Crippen LogP contribution < -0.4 is 19.7 Å². The molecule has 0 spiro atoms. The Bertz CT molecular complexity index is 1130. The fourth-order valence-corrected chi connectivity index (χ4v) is 4.48. The fraction of sp³-hybridized carbons (Fsp3) is 0.261. The Morgan fingerprint density at radius 1 is 1.00 bits per heavy atom. The van der Waals surface area contributed by atoms with Crippen molar-refractivity contribution in [2.45, 2.75) is 6.42 Å². The number of rotatable bonds is 5. The van der Waals surface area contributed by atoms with Gasteiger partial charge in [-0.05, 0) is 30.3 Å². The molecule has 3 heterocycles. The second kappa shape index (κ2) is 8.88. The van der Waals surface area contributed by atoms with E-state index >= 15 is 0 Å². The van der Waals surface area contributed by atoms with E-state index < -0.39 is 0 Å². The van der Waals surface area contributed by atoms with Crippen LogP contribution in [0.4, 0.5) is 10.8 Å². The van der Waals surface area contributed by atoms with Crippen molar-refractivity contribution >= 4 is 34.0 Å². The molecule has 0 atom stereocenters. The molecule has 2 aliphatic rings. The van der Waals surface area contributed by atoms with Crippen molar-refractivity contribution in [1.29, 1.82) is 0 Å². The van der Waals surface area contributed by atoms with E-state index in [-0.39, 0.29) is 25.0 Å². The number of nitrogens with one attached hydrogen (secondary N) is 1. The van der Waals surface area contributed by atoms with Gasteiger partial charge in [0.25, 0.3) is 5.91 Å². The first-order valence-corrected chi connectivity index (χ1v) is 11.3. The van der Waals surface area contributed by atoms with E-state index in [1.54, 1.807) is 18.2 Å². The van der Waals surface area contributed by atoms with Crippen LogP contribution in [0.25, 0.3) is 0 Å². The molecule has 0 unspecified atom stereocenters. The minimum atomic E-state index is -0.285. The number of carbonyl (C=O) groups excluding carboxylic acids is 2. The molecule has 2 aromatic carbocycles. The lowest BCUT2D eigenvalue weighted by atomic mass is 10.2. The third-order valence-electron chi connectivity index (χ3n) is 5.49. The molecule has 1 aromatic heterocycles. The molecule has 164 valence electrons. The maximum absolute atomic E-state index is 12.7. The van der Waals surface area contributed by atoms with Crippen LogP contribution in [0.5, 0.6) is 11.5 Å². The van der Waals surface area contributed by atoms with Crippen molar-refractivity contribution in [2.24, 2.45) is 0 Å². The number of piperazine rings is 1. The predicted octanol–water partition coefficient (Wildman–Crippen LogP) is 3.02. The van der Waals surface area contributed by atoms with E-state index in [0.717, 1.165) is 13.1 Å². The van der Waals surface area contributed by atoms with Crippen LogP contribution >= 0.6 is 11.3 Å². The molecule has 1 saturated heterocycles. The summed E-state index contributed by atoms with van der Waals surface area (Å²) in [7, 11) is 0. The minimum Gasteiger partial charge on any atom is -0.454 e. The molecule has 2 aliphatic heterocycles. The van der Waals surface area contributed by atoms with Gasteiger partial charge in [0.2, 0.25) is 12.7 Å². The van der Waals surface area contributed by atoms with Crippen LogP contribution in [-0.4, -0.2) is 54.7 Å². The first-order valence-electron chi connectivity index (χ1n) is 10.4. The van der Waals surface area contributed by atoms with E-state index in [9.17, 15) is 9.59 Å². The van der Waals surface area contributed by atoms with E-state index in [1.165, 1.54) is 17.0 Å². The Labute approximate surface area is 189 Å². The van der Waals surface area contributed by atoms with Crippen LogP contribution in [0, 0.1) is 0 Å². The average molecular weight is 451 g/mol. The number of nitrogens with zero attached hydrogens (tertiary/aromatic N) is 3. The average Bonchev–Trinajstić information content (AvgIpc) is 3.48. The van der Waals surface area contributed by atoms with Crippen LogP contribution in [0.15, 0.2) is 53.9 Å². The standard InChI is InChI=1S/C23H22N4O4S/c28-21(27-10-8-26(9-11-27)18-4-2-1-3-5-18)13-17-14-32-23(24-17)25-22(29)16-6-7-19-20(12-16)31-15-30-19/h1-7,12,14H,8-11,13,15H2,(H,24,25,29). The Morgan fingerprint density at radius 2 is 1.78 bits per heavy atom. The summed E-state index contributed by atoms with van der Waals surface area (Å²) in [4.78, 5) is 33.8. The van der Waals surface area contributed by atoms with Crippen LogP contribution in [-0.2, 0) is 11.2 Å². The van der Waals surface area contributed by atoms with Crippen LogP contribution in [0.3, 0.4) is 0 Å². The SMILES string of the molecule is O=C(Nc1nc(CC(=O)N2CCN(c3ccccc3)CC2)cs1)c1ccc2c(c1)OCO2. The number of ether oxygens (including phenoxy) is 2. The molecular formula is C23H22N4O4S. The van der Waals surface area contributed by atoms with Crippen molar-refractivity contribution in [3.8, 4) is 11.5 Å². The molecule has 1 fully saturated rings. The van der Waals surface area contributed by atoms with Crippen molar-refractivity contribution in [2.75, 3.05) is 43.2 Å². The number of benzene rings is 2. The fourth-order valence-electron chi connectivity index (χ4n) is 3.77. The summed E-state index contributed by atoms with van der Waals surface area (Å²) in [5.41, 5.74) is 2.30. The first-order chi connectivity index (χ1) is 15.7. The Balaban J connectivity index is 1.14. The summed E-state index contributed by atoms with van der Waals surface area (Å²) >= 11 is 1.31. The Morgan fingerprint density at radius 3 is 2.59 bits per heavy atom. The van der Waals surface area contributed by atoms with Gasteiger partial charge in [0.15, 0.2) is 16.6 Å².